The van der Waals surface area contributed by atoms with Crippen LogP contribution in [0.25, 0.3) is 0 Å². The third-order valence-electron chi connectivity index (χ3n) is 4.75. The van der Waals surface area contributed by atoms with Gasteiger partial charge in [0.1, 0.15) is 0 Å². The van der Waals surface area contributed by atoms with Gasteiger partial charge in [0.25, 0.3) is 0 Å². The fourth-order valence-electron chi connectivity index (χ4n) is 3.48. The van der Waals surface area contributed by atoms with Crippen molar-refractivity contribution in [1.82, 2.24) is 10.2 Å². The van der Waals surface area contributed by atoms with Gasteiger partial charge >= 0.3 is 0 Å². The summed E-state index contributed by atoms with van der Waals surface area (Å²) in [5, 5.41) is 11.4. The van der Waals surface area contributed by atoms with Crippen molar-refractivity contribution in [3.8, 4) is 6.07 Å². The zero-order valence-electron chi connectivity index (χ0n) is 13.0. The summed E-state index contributed by atoms with van der Waals surface area (Å²) in [5.41, 5.74) is 0. The van der Waals surface area contributed by atoms with Gasteiger partial charge in [0, 0.05) is 32.0 Å². The van der Waals surface area contributed by atoms with Crippen LogP contribution in [0, 0.1) is 23.2 Å². The number of amides is 2. The Labute approximate surface area is 130 Å². The minimum absolute atomic E-state index is 0.0150. The third-order valence-corrected chi connectivity index (χ3v) is 4.75. The molecule has 0 aromatic carbocycles. The molecule has 1 saturated carbocycles. The van der Waals surface area contributed by atoms with Crippen molar-refractivity contribution in [3.63, 3.8) is 0 Å². The molecule has 2 atom stereocenters. The van der Waals surface area contributed by atoms with Crippen LogP contribution in [0.1, 0.15) is 44.9 Å². The molecule has 120 valence electrons. The van der Waals surface area contributed by atoms with Crippen molar-refractivity contribution < 1.29 is 14.4 Å². The van der Waals surface area contributed by atoms with E-state index in [1.54, 1.807) is 6.07 Å². The van der Waals surface area contributed by atoms with Gasteiger partial charge in [-0.05, 0) is 12.8 Å². The molecule has 22 heavy (non-hydrogen) atoms. The lowest BCUT2D eigenvalue weighted by molar-refractivity contribution is -0.134. The Balaban J connectivity index is 2.03. The Kier molecular flexibility index (Phi) is 5.53. The first-order valence-electron chi connectivity index (χ1n) is 8.03. The minimum atomic E-state index is -1.31. The van der Waals surface area contributed by atoms with Gasteiger partial charge in [0.2, 0.25) is 11.8 Å². The monoisotopic (exact) mass is 305 g/mol. The summed E-state index contributed by atoms with van der Waals surface area (Å²) in [4.78, 5) is 38.0. The zero-order valence-corrected chi connectivity index (χ0v) is 13.0. The van der Waals surface area contributed by atoms with E-state index in [4.69, 9.17) is 5.26 Å². The number of Topliss-reactive ketones (excluding diaryl/α,β-unsaturated/α-hetero) is 1. The van der Waals surface area contributed by atoms with Gasteiger partial charge < -0.3 is 10.2 Å². The molecule has 1 heterocycles. The maximum atomic E-state index is 12.4. The van der Waals surface area contributed by atoms with E-state index in [1.165, 1.54) is 19.9 Å². The topological polar surface area (TPSA) is 90.3 Å². The first kappa shape index (κ1) is 16.5. The Hall–Kier alpha value is -1.90. The highest BCUT2D eigenvalue weighted by Crippen LogP contribution is 2.29. The predicted octanol–water partition coefficient (Wildman–Crippen LogP) is 1.01. The van der Waals surface area contributed by atoms with Crippen LogP contribution >= 0.6 is 0 Å². The maximum absolute atomic E-state index is 12.4. The first-order chi connectivity index (χ1) is 10.6. The van der Waals surface area contributed by atoms with Crippen molar-refractivity contribution in [3.05, 3.63) is 0 Å². The molecule has 1 aliphatic carbocycles. The van der Waals surface area contributed by atoms with E-state index in [1.807, 2.05) is 4.90 Å². The SMILES string of the molecule is CNC(=O)C(C#N)C(=O)C1CC(=O)N(C2CCCCCC2)C1. The van der Waals surface area contributed by atoms with E-state index >= 15 is 0 Å². The van der Waals surface area contributed by atoms with Crippen LogP contribution in [0.2, 0.25) is 0 Å². The summed E-state index contributed by atoms with van der Waals surface area (Å²) < 4.78 is 0. The van der Waals surface area contributed by atoms with Gasteiger partial charge in [-0.3, -0.25) is 14.4 Å². The summed E-state index contributed by atoms with van der Waals surface area (Å²) in [6.45, 7) is 0.359. The molecule has 2 rings (SSSR count). The highest BCUT2D eigenvalue weighted by atomic mass is 16.2. The summed E-state index contributed by atoms with van der Waals surface area (Å²) in [6.07, 6.45) is 6.75. The number of rotatable bonds is 4. The van der Waals surface area contributed by atoms with Crippen molar-refractivity contribution in [2.75, 3.05) is 13.6 Å². The number of likely N-dealkylation sites (tertiary alicyclic amines) is 1. The van der Waals surface area contributed by atoms with E-state index in [2.05, 4.69) is 5.32 Å². The highest BCUT2D eigenvalue weighted by molar-refractivity contribution is 6.06. The molecule has 1 saturated heterocycles. The number of nitrogens with zero attached hydrogens (tertiary/aromatic N) is 2. The van der Waals surface area contributed by atoms with Crippen LogP contribution in [-0.2, 0) is 14.4 Å². The normalized spacial score (nSPS) is 24.5. The summed E-state index contributed by atoms with van der Waals surface area (Å²) in [7, 11) is 1.40. The second-order valence-electron chi connectivity index (χ2n) is 6.17. The Morgan fingerprint density at radius 3 is 2.45 bits per heavy atom. The minimum Gasteiger partial charge on any atom is -0.358 e. The molecule has 0 aromatic heterocycles. The summed E-state index contributed by atoms with van der Waals surface area (Å²) in [6, 6.07) is 1.97. The lowest BCUT2D eigenvalue weighted by atomic mass is 9.92. The van der Waals surface area contributed by atoms with Crippen molar-refractivity contribution >= 4 is 17.6 Å². The average molecular weight is 305 g/mol. The van der Waals surface area contributed by atoms with E-state index < -0.39 is 23.5 Å². The van der Waals surface area contributed by atoms with Crippen LogP contribution < -0.4 is 5.32 Å². The third kappa shape index (κ3) is 3.46. The Morgan fingerprint density at radius 2 is 1.91 bits per heavy atom. The number of ketones is 1. The quantitative estimate of drug-likeness (QED) is 0.620. The Morgan fingerprint density at radius 1 is 1.27 bits per heavy atom. The van der Waals surface area contributed by atoms with Gasteiger partial charge in [0.15, 0.2) is 11.7 Å². The number of hydrogen-bond donors (Lipinski definition) is 1. The number of carbonyl (C=O) groups is 3. The van der Waals surface area contributed by atoms with Crippen LogP contribution in [-0.4, -0.2) is 42.1 Å². The largest absolute Gasteiger partial charge is 0.358 e. The second kappa shape index (κ2) is 7.39. The highest BCUT2D eigenvalue weighted by Gasteiger charge is 2.41. The predicted molar refractivity (Wildman–Crippen MR) is 79.5 cm³/mol. The smallest absolute Gasteiger partial charge is 0.244 e. The van der Waals surface area contributed by atoms with Gasteiger partial charge in [0.05, 0.1) is 6.07 Å². The van der Waals surface area contributed by atoms with E-state index in [-0.39, 0.29) is 18.4 Å². The van der Waals surface area contributed by atoms with Gasteiger partial charge in [-0.15, -0.1) is 0 Å². The molecular formula is C16H23N3O3. The van der Waals surface area contributed by atoms with Crippen molar-refractivity contribution in [2.24, 2.45) is 11.8 Å². The number of carbonyl (C=O) groups excluding carboxylic acids is 3. The fraction of sp³-hybridized carbons (Fsp3) is 0.750. The molecule has 2 fully saturated rings. The molecule has 2 unspecified atom stereocenters. The molecule has 0 bridgehead atoms. The van der Waals surface area contributed by atoms with E-state index in [9.17, 15) is 14.4 Å². The molecule has 1 N–H and O–H groups in total. The van der Waals surface area contributed by atoms with Crippen LogP contribution in [0.15, 0.2) is 0 Å². The van der Waals surface area contributed by atoms with Crippen LogP contribution in [0.3, 0.4) is 0 Å². The van der Waals surface area contributed by atoms with E-state index in [0.717, 1.165) is 25.7 Å². The molecule has 6 nitrogen and oxygen atoms in total. The molecule has 0 aromatic rings. The Bertz CT molecular complexity index is 489. The molecular weight excluding hydrogens is 282 g/mol. The standard InChI is InChI=1S/C16H23N3O3/c1-18-16(22)13(9-17)15(21)11-8-14(20)19(10-11)12-6-4-2-3-5-7-12/h11-13H,2-8,10H2,1H3,(H,18,22). The molecule has 2 aliphatic rings. The molecule has 0 radical (unpaired) electrons. The van der Waals surface area contributed by atoms with Crippen LogP contribution in [0.5, 0.6) is 0 Å². The lowest BCUT2D eigenvalue weighted by Crippen LogP contribution is -2.39. The first-order valence-corrected chi connectivity index (χ1v) is 8.03. The lowest BCUT2D eigenvalue weighted by Gasteiger charge is -2.27. The molecule has 1 aliphatic heterocycles. The van der Waals surface area contributed by atoms with E-state index in [0.29, 0.717) is 6.54 Å². The van der Waals surface area contributed by atoms with Gasteiger partial charge in [-0.1, -0.05) is 25.7 Å². The number of nitriles is 1. The van der Waals surface area contributed by atoms with Gasteiger partial charge in [-0.25, -0.2) is 0 Å². The number of nitrogens with one attached hydrogen (secondary N) is 1. The van der Waals surface area contributed by atoms with Crippen molar-refractivity contribution in [2.45, 2.75) is 51.0 Å². The molecule has 2 amide bonds. The van der Waals surface area contributed by atoms with Crippen LogP contribution in [0.4, 0.5) is 0 Å². The van der Waals surface area contributed by atoms with Gasteiger partial charge in [-0.2, -0.15) is 5.26 Å². The molecule has 6 heteroatoms. The average Bonchev–Trinajstić information content (AvgIpc) is 2.74. The fourth-order valence-corrected chi connectivity index (χ4v) is 3.48. The maximum Gasteiger partial charge on any atom is 0.244 e. The number of hydrogen-bond acceptors (Lipinski definition) is 4. The molecule has 0 spiro atoms. The second-order valence-corrected chi connectivity index (χ2v) is 6.17. The summed E-state index contributed by atoms with van der Waals surface area (Å²) in [5.74, 6) is -2.87. The van der Waals surface area contributed by atoms with Crippen molar-refractivity contribution in [1.29, 1.82) is 5.26 Å². The zero-order chi connectivity index (χ0) is 16.1. The summed E-state index contributed by atoms with van der Waals surface area (Å²) >= 11 is 0.